The Morgan fingerprint density at radius 2 is 2.29 bits per heavy atom. The summed E-state index contributed by atoms with van der Waals surface area (Å²) >= 11 is 0. The van der Waals surface area contributed by atoms with Crippen LogP contribution in [0.25, 0.3) is 0 Å². The van der Waals surface area contributed by atoms with Crippen molar-refractivity contribution in [1.29, 1.82) is 0 Å². The van der Waals surface area contributed by atoms with E-state index in [9.17, 15) is 4.79 Å². The molecule has 2 saturated heterocycles. The zero-order chi connectivity index (χ0) is 11.5. The van der Waals surface area contributed by atoms with Gasteiger partial charge < -0.3 is 19.7 Å². The molecular formula is C11H21ClN2O3. The molecule has 0 radical (unpaired) electrons. The van der Waals surface area contributed by atoms with Crippen molar-refractivity contribution in [2.75, 3.05) is 33.4 Å². The van der Waals surface area contributed by atoms with Gasteiger partial charge in [0.25, 0.3) is 0 Å². The summed E-state index contributed by atoms with van der Waals surface area (Å²) in [5.74, 6) is 0.145. The van der Waals surface area contributed by atoms with Crippen molar-refractivity contribution in [2.24, 2.45) is 0 Å². The number of morpholine rings is 1. The molecule has 2 aliphatic heterocycles. The number of hydrogen-bond donors (Lipinski definition) is 1. The SMILES string of the molecule is CO[C@H]1CCN(C(=O)[C@H]2NCCO[C@@H]2C)C1.Cl. The fourth-order valence-corrected chi connectivity index (χ4v) is 2.33. The fourth-order valence-electron chi connectivity index (χ4n) is 2.33. The quantitative estimate of drug-likeness (QED) is 0.765. The maximum Gasteiger partial charge on any atom is 0.242 e. The Hall–Kier alpha value is -0.360. The van der Waals surface area contributed by atoms with Crippen LogP contribution < -0.4 is 5.32 Å². The summed E-state index contributed by atoms with van der Waals surface area (Å²) in [6.45, 7) is 4.88. The molecule has 0 aromatic rings. The molecule has 5 nitrogen and oxygen atoms in total. The average molecular weight is 265 g/mol. The van der Waals surface area contributed by atoms with Crippen LogP contribution in [0, 0.1) is 0 Å². The zero-order valence-electron chi connectivity index (χ0n) is 10.3. The molecule has 0 bridgehead atoms. The first-order valence-electron chi connectivity index (χ1n) is 5.89. The summed E-state index contributed by atoms with van der Waals surface area (Å²) < 4.78 is 10.7. The number of hydrogen-bond acceptors (Lipinski definition) is 4. The fraction of sp³-hybridized carbons (Fsp3) is 0.909. The van der Waals surface area contributed by atoms with Gasteiger partial charge in [0, 0.05) is 26.7 Å². The van der Waals surface area contributed by atoms with Gasteiger partial charge in [-0.25, -0.2) is 0 Å². The van der Waals surface area contributed by atoms with Gasteiger partial charge in [0.05, 0.1) is 18.8 Å². The van der Waals surface area contributed by atoms with Crippen LogP contribution >= 0.6 is 12.4 Å². The number of halogens is 1. The van der Waals surface area contributed by atoms with Crippen LogP contribution in [0.5, 0.6) is 0 Å². The maximum absolute atomic E-state index is 12.2. The highest BCUT2D eigenvalue weighted by Gasteiger charge is 2.35. The Balaban J connectivity index is 0.00000144. The highest BCUT2D eigenvalue weighted by Crippen LogP contribution is 2.15. The first kappa shape index (κ1) is 14.7. The van der Waals surface area contributed by atoms with E-state index in [1.807, 2.05) is 11.8 Å². The highest BCUT2D eigenvalue weighted by atomic mass is 35.5. The number of rotatable bonds is 2. The molecule has 17 heavy (non-hydrogen) atoms. The van der Waals surface area contributed by atoms with Crippen molar-refractivity contribution in [3.8, 4) is 0 Å². The molecule has 0 spiro atoms. The molecule has 6 heteroatoms. The lowest BCUT2D eigenvalue weighted by atomic mass is 10.1. The van der Waals surface area contributed by atoms with Gasteiger partial charge >= 0.3 is 0 Å². The Morgan fingerprint density at radius 3 is 2.88 bits per heavy atom. The van der Waals surface area contributed by atoms with Gasteiger partial charge in [-0.1, -0.05) is 0 Å². The topological polar surface area (TPSA) is 50.8 Å². The number of nitrogens with one attached hydrogen (secondary N) is 1. The second-order valence-corrected chi connectivity index (χ2v) is 4.44. The smallest absolute Gasteiger partial charge is 0.242 e. The minimum absolute atomic E-state index is 0. The number of methoxy groups -OCH3 is 1. The lowest BCUT2D eigenvalue weighted by Gasteiger charge is -2.32. The molecule has 0 unspecified atom stereocenters. The second kappa shape index (κ2) is 6.54. The van der Waals surface area contributed by atoms with E-state index < -0.39 is 0 Å². The van der Waals surface area contributed by atoms with Gasteiger partial charge in [-0.2, -0.15) is 0 Å². The molecule has 0 aromatic carbocycles. The van der Waals surface area contributed by atoms with Crippen LogP contribution in [0.1, 0.15) is 13.3 Å². The summed E-state index contributed by atoms with van der Waals surface area (Å²) in [5.41, 5.74) is 0. The average Bonchev–Trinajstić information content (AvgIpc) is 2.77. The standard InChI is InChI=1S/C11H20N2O3.ClH/c1-8-10(12-4-6-16-8)11(14)13-5-3-9(7-13)15-2;/h8-10,12H,3-7H2,1-2H3;1H/t8-,9+,10+;/m1./s1. The van der Waals surface area contributed by atoms with Gasteiger partial charge in [-0.3, -0.25) is 4.79 Å². The third-order valence-electron chi connectivity index (χ3n) is 3.37. The summed E-state index contributed by atoms with van der Waals surface area (Å²) in [4.78, 5) is 14.1. The molecule has 2 rings (SSSR count). The van der Waals surface area contributed by atoms with Gasteiger partial charge in [0.2, 0.25) is 5.91 Å². The van der Waals surface area contributed by atoms with E-state index >= 15 is 0 Å². The minimum atomic E-state index is -0.190. The molecule has 100 valence electrons. The molecule has 1 amide bonds. The van der Waals surface area contributed by atoms with Gasteiger partial charge in [0.15, 0.2) is 0 Å². The number of amides is 1. The van der Waals surface area contributed by atoms with Crippen molar-refractivity contribution in [1.82, 2.24) is 10.2 Å². The second-order valence-electron chi connectivity index (χ2n) is 4.44. The van der Waals surface area contributed by atoms with Gasteiger partial charge in [-0.15, -0.1) is 12.4 Å². The number of carbonyl (C=O) groups excluding carboxylic acids is 1. The van der Waals surface area contributed by atoms with Crippen molar-refractivity contribution in [3.63, 3.8) is 0 Å². The highest BCUT2D eigenvalue weighted by molar-refractivity contribution is 5.85. The normalized spacial score (nSPS) is 33.3. The molecule has 0 aliphatic carbocycles. The van der Waals surface area contributed by atoms with Crippen molar-refractivity contribution in [2.45, 2.75) is 31.6 Å². The zero-order valence-corrected chi connectivity index (χ0v) is 11.2. The number of carbonyl (C=O) groups is 1. The van der Waals surface area contributed by atoms with Crippen LogP contribution in [-0.2, 0) is 14.3 Å². The third kappa shape index (κ3) is 3.31. The lowest BCUT2D eigenvalue weighted by Crippen LogP contribution is -2.56. The Morgan fingerprint density at radius 1 is 1.53 bits per heavy atom. The Bertz CT molecular complexity index is 265. The van der Waals surface area contributed by atoms with E-state index in [0.29, 0.717) is 13.2 Å². The number of nitrogens with zero attached hydrogens (tertiary/aromatic N) is 1. The predicted molar refractivity (Wildman–Crippen MR) is 66.4 cm³/mol. The van der Waals surface area contributed by atoms with Crippen LogP contribution in [0.15, 0.2) is 0 Å². The molecule has 3 atom stereocenters. The third-order valence-corrected chi connectivity index (χ3v) is 3.37. The maximum atomic E-state index is 12.2. The molecule has 2 heterocycles. The molecular weight excluding hydrogens is 244 g/mol. The van der Waals surface area contributed by atoms with E-state index in [1.54, 1.807) is 7.11 Å². The molecule has 1 N–H and O–H groups in total. The lowest BCUT2D eigenvalue weighted by molar-refractivity contribution is -0.138. The van der Waals surface area contributed by atoms with E-state index in [0.717, 1.165) is 19.5 Å². The number of likely N-dealkylation sites (tertiary alicyclic amines) is 1. The summed E-state index contributed by atoms with van der Waals surface area (Å²) in [6.07, 6.45) is 1.09. The van der Waals surface area contributed by atoms with Crippen molar-refractivity contribution in [3.05, 3.63) is 0 Å². The van der Waals surface area contributed by atoms with Crippen LogP contribution in [0.4, 0.5) is 0 Å². The van der Waals surface area contributed by atoms with Crippen LogP contribution in [0.2, 0.25) is 0 Å². The predicted octanol–water partition coefficient (Wildman–Crippen LogP) is 0.0324. The number of ether oxygens (including phenoxy) is 2. The Labute approximate surface area is 108 Å². The largest absolute Gasteiger partial charge is 0.380 e. The molecule has 2 aliphatic rings. The van der Waals surface area contributed by atoms with Crippen molar-refractivity contribution < 1.29 is 14.3 Å². The summed E-state index contributed by atoms with van der Waals surface area (Å²) in [6, 6.07) is -0.190. The monoisotopic (exact) mass is 264 g/mol. The van der Waals surface area contributed by atoms with Crippen LogP contribution in [-0.4, -0.2) is 62.4 Å². The van der Waals surface area contributed by atoms with Gasteiger partial charge in [0.1, 0.15) is 6.04 Å². The van der Waals surface area contributed by atoms with Crippen molar-refractivity contribution >= 4 is 18.3 Å². The van der Waals surface area contributed by atoms with Crippen LogP contribution in [0.3, 0.4) is 0 Å². The van der Waals surface area contributed by atoms with E-state index in [1.165, 1.54) is 0 Å². The Kier molecular flexibility index (Phi) is 5.66. The van der Waals surface area contributed by atoms with E-state index in [-0.39, 0.29) is 36.6 Å². The van der Waals surface area contributed by atoms with E-state index in [4.69, 9.17) is 9.47 Å². The molecule has 2 fully saturated rings. The first-order chi connectivity index (χ1) is 7.72. The summed E-state index contributed by atoms with van der Waals surface area (Å²) in [5, 5.41) is 3.22. The van der Waals surface area contributed by atoms with E-state index in [2.05, 4.69) is 5.32 Å². The van der Waals surface area contributed by atoms with Gasteiger partial charge in [-0.05, 0) is 13.3 Å². The molecule has 0 saturated carbocycles. The minimum Gasteiger partial charge on any atom is -0.380 e. The summed E-state index contributed by atoms with van der Waals surface area (Å²) in [7, 11) is 1.70. The first-order valence-corrected chi connectivity index (χ1v) is 5.89. The molecule has 0 aromatic heterocycles.